The summed E-state index contributed by atoms with van der Waals surface area (Å²) in [5, 5.41) is 7.68. The largest absolute Gasteiger partial charge is 0.493 e. The highest BCUT2D eigenvalue weighted by Gasteiger charge is 2.26. The van der Waals surface area contributed by atoms with E-state index < -0.39 is 5.97 Å². The predicted molar refractivity (Wildman–Crippen MR) is 138 cm³/mol. The highest BCUT2D eigenvalue weighted by Crippen LogP contribution is 2.43. The van der Waals surface area contributed by atoms with Crippen molar-refractivity contribution in [3.63, 3.8) is 0 Å². The number of hydrogen-bond donors (Lipinski definition) is 1. The van der Waals surface area contributed by atoms with Crippen LogP contribution in [0.1, 0.15) is 19.4 Å². The van der Waals surface area contributed by atoms with E-state index in [2.05, 4.69) is 5.32 Å². The number of aryl methyl sites for hydroxylation is 1. The number of hydrogen-bond acceptors (Lipinski definition) is 6. The summed E-state index contributed by atoms with van der Waals surface area (Å²) in [5.74, 6) is 0.776. The maximum Gasteiger partial charge on any atom is 0.309 e. The highest BCUT2D eigenvalue weighted by atomic mass is 16.5. The van der Waals surface area contributed by atoms with Gasteiger partial charge in [0.05, 0.1) is 25.5 Å². The number of carbonyl (C=O) groups excluding carboxylic acids is 2. The molecule has 0 aliphatic rings. The Kier molecular flexibility index (Phi) is 7.05. The van der Waals surface area contributed by atoms with Crippen molar-refractivity contribution in [1.29, 1.82) is 0 Å². The van der Waals surface area contributed by atoms with E-state index in [9.17, 15) is 9.59 Å². The fourth-order valence-electron chi connectivity index (χ4n) is 3.97. The first-order chi connectivity index (χ1) is 17.3. The summed E-state index contributed by atoms with van der Waals surface area (Å²) in [4.78, 5) is 23.7. The maximum absolute atomic E-state index is 12.2. The number of nitrogens with one attached hydrogen (secondary N) is 1. The molecule has 0 spiro atoms. The van der Waals surface area contributed by atoms with Crippen LogP contribution in [0.2, 0.25) is 0 Å². The Morgan fingerprint density at radius 2 is 1.53 bits per heavy atom. The first-order valence-electron chi connectivity index (χ1n) is 11.3. The van der Waals surface area contributed by atoms with Crippen molar-refractivity contribution < 1.29 is 23.8 Å². The van der Waals surface area contributed by atoms with Crippen LogP contribution in [-0.4, -0.2) is 35.9 Å². The van der Waals surface area contributed by atoms with Gasteiger partial charge in [0.15, 0.2) is 11.5 Å². The van der Waals surface area contributed by atoms with Gasteiger partial charge in [-0.2, -0.15) is 9.78 Å². The van der Waals surface area contributed by atoms with Crippen LogP contribution in [0.15, 0.2) is 66.7 Å². The summed E-state index contributed by atoms with van der Waals surface area (Å²) in [6.07, 6.45) is 0. The number of rotatable bonds is 7. The van der Waals surface area contributed by atoms with Crippen LogP contribution in [0.25, 0.3) is 28.1 Å². The lowest BCUT2D eigenvalue weighted by Crippen LogP contribution is -2.09. The first kappa shape index (κ1) is 24.5. The quantitative estimate of drug-likeness (QED) is 0.352. The molecule has 4 rings (SSSR count). The minimum Gasteiger partial charge on any atom is -0.493 e. The number of para-hydroxylation sites is 1. The zero-order valence-corrected chi connectivity index (χ0v) is 20.8. The monoisotopic (exact) mass is 485 g/mol. The smallest absolute Gasteiger partial charge is 0.309 e. The Morgan fingerprint density at radius 3 is 2.14 bits per heavy atom. The van der Waals surface area contributed by atoms with Gasteiger partial charge in [-0.25, -0.2) is 0 Å². The van der Waals surface area contributed by atoms with Crippen molar-refractivity contribution >= 4 is 17.6 Å². The normalized spacial score (nSPS) is 10.6. The number of aromatic nitrogens is 2. The molecule has 184 valence electrons. The fraction of sp³-hybridized carbons (Fsp3) is 0.179. The van der Waals surface area contributed by atoms with Crippen LogP contribution in [0.4, 0.5) is 5.69 Å². The van der Waals surface area contributed by atoms with Crippen LogP contribution >= 0.6 is 0 Å². The molecule has 1 aromatic heterocycles. The van der Waals surface area contributed by atoms with E-state index in [4.69, 9.17) is 19.3 Å². The molecular formula is C28H27N3O5. The van der Waals surface area contributed by atoms with E-state index in [1.54, 1.807) is 37.1 Å². The van der Waals surface area contributed by atoms with E-state index in [1.807, 2.05) is 55.5 Å². The summed E-state index contributed by atoms with van der Waals surface area (Å²) >= 11 is 0. The lowest BCUT2D eigenvalue weighted by molar-refractivity contribution is -0.132. The van der Waals surface area contributed by atoms with Gasteiger partial charge in [-0.3, -0.25) is 9.59 Å². The first-order valence-corrected chi connectivity index (χ1v) is 11.3. The Morgan fingerprint density at radius 1 is 0.861 bits per heavy atom. The Balaban J connectivity index is 2.01. The van der Waals surface area contributed by atoms with Crippen molar-refractivity contribution in [2.45, 2.75) is 20.8 Å². The highest BCUT2D eigenvalue weighted by molar-refractivity contribution is 5.91. The average Bonchev–Trinajstić information content (AvgIpc) is 3.22. The molecule has 0 aliphatic carbocycles. The molecule has 1 N–H and O–H groups in total. The molecule has 1 heterocycles. The van der Waals surface area contributed by atoms with Crippen molar-refractivity contribution in [3.05, 3.63) is 72.3 Å². The van der Waals surface area contributed by atoms with Crippen LogP contribution in [-0.2, 0) is 9.59 Å². The Bertz CT molecular complexity index is 1420. The topological polar surface area (TPSA) is 91.7 Å². The summed E-state index contributed by atoms with van der Waals surface area (Å²) in [5.41, 5.74) is 5.09. The second kappa shape index (κ2) is 10.4. The summed E-state index contributed by atoms with van der Waals surface area (Å²) in [7, 11) is 3.14. The number of amides is 1. The molecule has 0 radical (unpaired) electrons. The van der Waals surface area contributed by atoms with E-state index >= 15 is 0 Å². The predicted octanol–water partition coefficient (Wildman–Crippen LogP) is 5.42. The number of methoxy groups -OCH3 is 2. The summed E-state index contributed by atoms with van der Waals surface area (Å²) < 4.78 is 18.3. The molecule has 8 heteroatoms. The van der Waals surface area contributed by atoms with Gasteiger partial charge >= 0.3 is 5.97 Å². The molecule has 0 saturated carbocycles. The zero-order chi connectivity index (χ0) is 25.8. The number of nitrogens with zero attached hydrogens (tertiary/aromatic N) is 2. The maximum atomic E-state index is 12.2. The van der Waals surface area contributed by atoms with Gasteiger partial charge in [0.2, 0.25) is 11.8 Å². The van der Waals surface area contributed by atoms with E-state index in [1.165, 1.54) is 13.8 Å². The number of esters is 1. The molecule has 0 atom stereocenters. The molecule has 1 amide bonds. The van der Waals surface area contributed by atoms with Crippen molar-refractivity contribution in [1.82, 2.24) is 9.78 Å². The molecule has 0 saturated heterocycles. The van der Waals surface area contributed by atoms with Gasteiger partial charge in [0, 0.05) is 25.1 Å². The third-order valence-electron chi connectivity index (χ3n) is 5.58. The average molecular weight is 486 g/mol. The lowest BCUT2D eigenvalue weighted by atomic mass is 10.0. The van der Waals surface area contributed by atoms with Gasteiger partial charge in [-0.15, -0.1) is 0 Å². The standard InChI is InChI=1S/C28H27N3O5/c1-17-8-6-7-9-23(17)31-28(36-19(3)33)26(20-10-13-22(14-11-20)29-18(2)32)27(30-31)21-12-15-24(34-4)25(16-21)35-5/h6-16H,1-5H3,(H,29,32). The fourth-order valence-corrected chi connectivity index (χ4v) is 3.97. The van der Waals surface area contributed by atoms with Gasteiger partial charge in [-0.05, 0) is 54.4 Å². The molecule has 0 fully saturated rings. The zero-order valence-electron chi connectivity index (χ0n) is 20.8. The van der Waals surface area contributed by atoms with Gasteiger partial charge in [0.1, 0.15) is 5.69 Å². The number of anilines is 1. The number of benzene rings is 3. The molecule has 0 bridgehead atoms. The van der Waals surface area contributed by atoms with Gasteiger partial charge in [0.25, 0.3) is 0 Å². The minimum absolute atomic E-state index is 0.165. The third-order valence-corrected chi connectivity index (χ3v) is 5.58. The van der Waals surface area contributed by atoms with E-state index in [-0.39, 0.29) is 11.8 Å². The van der Waals surface area contributed by atoms with E-state index in [0.29, 0.717) is 28.4 Å². The number of ether oxygens (including phenoxy) is 3. The van der Waals surface area contributed by atoms with Crippen LogP contribution in [0, 0.1) is 6.92 Å². The molecular weight excluding hydrogens is 458 g/mol. The molecule has 36 heavy (non-hydrogen) atoms. The molecule has 4 aromatic rings. The van der Waals surface area contributed by atoms with Crippen LogP contribution in [0.5, 0.6) is 17.4 Å². The third kappa shape index (κ3) is 4.93. The molecule has 8 nitrogen and oxygen atoms in total. The minimum atomic E-state index is -0.472. The van der Waals surface area contributed by atoms with Crippen molar-refractivity contribution in [3.8, 4) is 45.5 Å². The number of carbonyl (C=O) groups is 2. The van der Waals surface area contributed by atoms with Crippen LogP contribution in [0.3, 0.4) is 0 Å². The van der Waals surface area contributed by atoms with Crippen molar-refractivity contribution in [2.75, 3.05) is 19.5 Å². The second-order valence-electron chi connectivity index (χ2n) is 8.15. The SMILES string of the molecule is COc1ccc(-c2nn(-c3ccccc3C)c(OC(C)=O)c2-c2ccc(NC(C)=O)cc2)cc1OC. The lowest BCUT2D eigenvalue weighted by Gasteiger charge is -2.12. The second-order valence-corrected chi connectivity index (χ2v) is 8.15. The van der Waals surface area contributed by atoms with Crippen molar-refractivity contribution in [2.24, 2.45) is 0 Å². The molecule has 3 aromatic carbocycles. The van der Waals surface area contributed by atoms with Gasteiger partial charge < -0.3 is 19.5 Å². The Labute approximate surface area is 209 Å². The Hall–Kier alpha value is -4.59. The van der Waals surface area contributed by atoms with E-state index in [0.717, 1.165) is 22.4 Å². The molecule has 0 unspecified atom stereocenters. The molecule has 0 aliphatic heterocycles. The van der Waals surface area contributed by atoms with Crippen LogP contribution < -0.4 is 19.5 Å². The van der Waals surface area contributed by atoms with Gasteiger partial charge in [-0.1, -0.05) is 30.3 Å². The summed E-state index contributed by atoms with van der Waals surface area (Å²) in [6.45, 7) is 4.77. The summed E-state index contributed by atoms with van der Waals surface area (Å²) in [6, 6.07) is 20.5.